The zero-order chi connectivity index (χ0) is 28.0. The van der Waals surface area contributed by atoms with Gasteiger partial charge in [-0.05, 0) is 60.9 Å². The number of carbonyl (C=O) groups excluding carboxylic acids is 2. The van der Waals surface area contributed by atoms with Crippen molar-refractivity contribution in [1.29, 1.82) is 0 Å². The Morgan fingerprint density at radius 1 is 1.16 bits per heavy atom. The maximum atomic E-state index is 15.7. The van der Waals surface area contributed by atoms with Gasteiger partial charge in [0.1, 0.15) is 17.0 Å². The number of rotatable bonds is 8. The van der Waals surface area contributed by atoms with Crippen molar-refractivity contribution in [2.24, 2.45) is 5.41 Å². The van der Waals surface area contributed by atoms with Gasteiger partial charge < -0.3 is 20.8 Å². The summed E-state index contributed by atoms with van der Waals surface area (Å²) in [6.07, 6.45) is 1.16. The summed E-state index contributed by atoms with van der Waals surface area (Å²) in [6.45, 7) is 7.25. The number of benzene rings is 2. The zero-order valence-corrected chi connectivity index (χ0v) is 23.6. The van der Waals surface area contributed by atoms with Gasteiger partial charge in [-0.1, -0.05) is 62.2 Å². The lowest BCUT2D eigenvalue weighted by atomic mass is 9.62. The van der Waals surface area contributed by atoms with Gasteiger partial charge in [-0.2, -0.15) is 0 Å². The van der Waals surface area contributed by atoms with Crippen LogP contribution in [0.25, 0.3) is 0 Å². The first-order valence-corrected chi connectivity index (χ1v) is 13.6. The van der Waals surface area contributed by atoms with Crippen LogP contribution >= 0.6 is 23.2 Å². The van der Waals surface area contributed by atoms with Crippen molar-refractivity contribution in [2.75, 3.05) is 11.9 Å². The van der Waals surface area contributed by atoms with E-state index in [9.17, 15) is 19.8 Å². The van der Waals surface area contributed by atoms with E-state index in [4.69, 9.17) is 23.2 Å². The Labute approximate surface area is 232 Å². The van der Waals surface area contributed by atoms with Crippen LogP contribution in [0, 0.1) is 11.2 Å². The summed E-state index contributed by atoms with van der Waals surface area (Å²) < 4.78 is 15.7. The second kappa shape index (κ2) is 10.5. The first kappa shape index (κ1) is 29.0. The molecule has 2 aromatic rings. The number of amides is 1. The standard InChI is InChI=1S/C29H35Cl2FN2O4/c1-27(2,3)14-22-29(18-11-10-16(30)13-20(18)33-26(29)37)23(17-7-5-8-19(31)24(17)32)25(34-22)21(36)9-6-12-28(4,38)15-35/h5,7-8,10-11,13,22-23,25,34-35,38H,6,9,12,14-15H2,1-4H3,(H,33,37)/t22-,23+,25+,28-,29+/m1/s1. The minimum atomic E-state index is -1.30. The normalized spacial score (nSPS) is 26.3. The van der Waals surface area contributed by atoms with E-state index in [1.54, 1.807) is 30.3 Å². The Bertz CT molecular complexity index is 1250. The highest BCUT2D eigenvalue weighted by molar-refractivity contribution is 6.31. The lowest BCUT2D eigenvalue weighted by Crippen LogP contribution is -2.49. The third-order valence-electron chi connectivity index (χ3n) is 7.76. The SMILES string of the molecule is CC(C)(C)C[C@H]1N[C@@H](C(=O)CCC[C@@](C)(O)CO)[C@H](c2cccc(Cl)c2F)[C@@]12C(=O)Nc1cc(Cl)ccc12. The maximum absolute atomic E-state index is 15.7. The number of carbonyl (C=O) groups is 2. The van der Waals surface area contributed by atoms with Crippen molar-refractivity contribution in [1.82, 2.24) is 5.32 Å². The van der Waals surface area contributed by atoms with Gasteiger partial charge in [0.05, 0.1) is 23.3 Å². The fourth-order valence-electron chi connectivity index (χ4n) is 6.08. The van der Waals surface area contributed by atoms with Gasteiger partial charge in [-0.25, -0.2) is 4.39 Å². The minimum absolute atomic E-state index is 0.0832. The van der Waals surface area contributed by atoms with Crippen molar-refractivity contribution in [3.8, 4) is 0 Å². The maximum Gasteiger partial charge on any atom is 0.237 e. The summed E-state index contributed by atoms with van der Waals surface area (Å²) in [7, 11) is 0. The Kier molecular flexibility index (Phi) is 8.01. The van der Waals surface area contributed by atoms with Gasteiger partial charge in [0.25, 0.3) is 0 Å². The predicted octanol–water partition coefficient (Wildman–Crippen LogP) is 5.37. The molecule has 5 atom stereocenters. The first-order chi connectivity index (χ1) is 17.7. The number of fused-ring (bicyclic) bond motifs is 2. The Morgan fingerprint density at radius 2 is 1.87 bits per heavy atom. The van der Waals surface area contributed by atoms with Crippen LogP contribution in [-0.4, -0.2) is 46.2 Å². The first-order valence-electron chi connectivity index (χ1n) is 12.9. The second-order valence-electron chi connectivity index (χ2n) is 12.1. The van der Waals surface area contributed by atoms with Gasteiger partial charge >= 0.3 is 0 Å². The third kappa shape index (κ3) is 5.24. The van der Waals surface area contributed by atoms with Crippen LogP contribution < -0.4 is 10.6 Å². The van der Waals surface area contributed by atoms with Crippen LogP contribution in [-0.2, 0) is 15.0 Å². The van der Waals surface area contributed by atoms with Crippen molar-refractivity contribution >= 4 is 40.6 Å². The Morgan fingerprint density at radius 3 is 2.53 bits per heavy atom. The highest BCUT2D eigenvalue weighted by Gasteiger charge is 2.65. The highest BCUT2D eigenvalue weighted by Crippen LogP contribution is 2.57. The van der Waals surface area contributed by atoms with Crippen LogP contribution in [0.5, 0.6) is 0 Å². The van der Waals surface area contributed by atoms with Crippen LogP contribution in [0.15, 0.2) is 36.4 Å². The van der Waals surface area contributed by atoms with Gasteiger partial charge in [0.15, 0.2) is 0 Å². The molecular formula is C29H35Cl2FN2O4. The summed E-state index contributed by atoms with van der Waals surface area (Å²) >= 11 is 12.5. The van der Waals surface area contributed by atoms with Crippen molar-refractivity contribution in [3.63, 3.8) is 0 Å². The molecule has 2 aliphatic heterocycles. The smallest absolute Gasteiger partial charge is 0.237 e. The number of hydrogen-bond donors (Lipinski definition) is 4. The quantitative estimate of drug-likeness (QED) is 0.345. The van der Waals surface area contributed by atoms with Crippen LogP contribution in [0.2, 0.25) is 10.0 Å². The number of anilines is 1. The summed E-state index contributed by atoms with van der Waals surface area (Å²) in [5, 5.41) is 26.4. The number of aliphatic hydroxyl groups is 2. The van der Waals surface area contributed by atoms with E-state index in [0.29, 0.717) is 29.1 Å². The number of ketones is 1. The summed E-state index contributed by atoms with van der Waals surface area (Å²) in [5.74, 6) is -2.07. The fourth-order valence-corrected chi connectivity index (χ4v) is 6.44. The molecule has 1 fully saturated rings. The molecule has 0 unspecified atom stereocenters. The molecule has 1 saturated heterocycles. The summed E-state index contributed by atoms with van der Waals surface area (Å²) in [5.41, 5.74) is -1.42. The van der Waals surface area contributed by atoms with Gasteiger partial charge in [0.2, 0.25) is 5.91 Å². The summed E-state index contributed by atoms with van der Waals surface area (Å²) in [4.78, 5) is 27.9. The molecule has 0 bridgehead atoms. The number of Topliss-reactive ketones (excluding diaryl/α,β-unsaturated/α-hetero) is 1. The molecule has 0 aliphatic carbocycles. The van der Waals surface area contributed by atoms with E-state index in [0.717, 1.165) is 0 Å². The number of aliphatic hydroxyl groups excluding tert-OH is 1. The number of hydrogen-bond acceptors (Lipinski definition) is 5. The fraction of sp³-hybridized carbons (Fsp3) is 0.517. The molecule has 0 aromatic heterocycles. The third-order valence-corrected chi connectivity index (χ3v) is 8.29. The zero-order valence-electron chi connectivity index (χ0n) is 22.1. The summed E-state index contributed by atoms with van der Waals surface area (Å²) in [6, 6.07) is 8.44. The van der Waals surface area contributed by atoms with E-state index in [1.165, 1.54) is 13.0 Å². The van der Waals surface area contributed by atoms with Crippen LogP contribution in [0.4, 0.5) is 10.1 Å². The van der Waals surface area contributed by atoms with Gasteiger partial charge in [-0.15, -0.1) is 0 Å². The van der Waals surface area contributed by atoms with Gasteiger partial charge in [-0.3, -0.25) is 9.59 Å². The molecule has 4 N–H and O–H groups in total. The van der Waals surface area contributed by atoms with E-state index in [-0.39, 0.29) is 40.5 Å². The number of nitrogens with one attached hydrogen (secondary N) is 2. The minimum Gasteiger partial charge on any atom is -0.393 e. The second-order valence-corrected chi connectivity index (χ2v) is 12.9. The average molecular weight is 566 g/mol. The Hall–Kier alpha value is -2.03. The molecule has 6 nitrogen and oxygen atoms in total. The monoisotopic (exact) mass is 564 g/mol. The molecule has 206 valence electrons. The van der Waals surface area contributed by atoms with Crippen molar-refractivity contribution < 1.29 is 24.2 Å². The average Bonchev–Trinajstić information content (AvgIpc) is 3.29. The molecule has 2 heterocycles. The molecule has 0 saturated carbocycles. The number of halogens is 3. The van der Waals surface area contributed by atoms with Crippen molar-refractivity contribution in [2.45, 2.75) is 82.4 Å². The van der Waals surface area contributed by atoms with Gasteiger partial charge in [0, 0.05) is 29.1 Å². The van der Waals surface area contributed by atoms with E-state index in [1.807, 2.05) is 0 Å². The molecular weight excluding hydrogens is 530 g/mol. The molecule has 38 heavy (non-hydrogen) atoms. The highest BCUT2D eigenvalue weighted by atomic mass is 35.5. The van der Waals surface area contributed by atoms with Crippen LogP contribution in [0.3, 0.4) is 0 Å². The van der Waals surface area contributed by atoms with E-state index in [2.05, 4.69) is 31.4 Å². The molecule has 0 radical (unpaired) electrons. The largest absolute Gasteiger partial charge is 0.393 e. The Balaban J connectivity index is 1.88. The molecule has 4 rings (SSSR count). The molecule has 2 aliphatic rings. The van der Waals surface area contributed by atoms with Crippen molar-refractivity contribution in [3.05, 3.63) is 63.4 Å². The van der Waals surface area contributed by atoms with E-state index < -0.39 is 41.4 Å². The molecule has 2 aromatic carbocycles. The molecule has 1 amide bonds. The lowest BCUT2D eigenvalue weighted by Gasteiger charge is -2.37. The lowest BCUT2D eigenvalue weighted by molar-refractivity contribution is -0.122. The van der Waals surface area contributed by atoms with E-state index >= 15 is 4.39 Å². The topological polar surface area (TPSA) is 98.7 Å². The van der Waals surface area contributed by atoms with Crippen LogP contribution in [0.1, 0.15) is 70.4 Å². The predicted molar refractivity (Wildman–Crippen MR) is 147 cm³/mol. The molecule has 1 spiro atoms. The molecule has 9 heteroatoms.